The second-order valence-electron chi connectivity index (χ2n) is 4.06. The van der Waals surface area contributed by atoms with E-state index in [4.69, 9.17) is 23.2 Å². The maximum atomic E-state index is 13.4. The molecule has 21 heavy (non-hydrogen) atoms. The van der Waals surface area contributed by atoms with Gasteiger partial charge >= 0.3 is 0 Å². The molecule has 6 heteroatoms. The predicted octanol–water partition coefficient (Wildman–Crippen LogP) is 4.92. The number of amides is 1. The highest BCUT2D eigenvalue weighted by atomic mass is 35.5. The standard InChI is InChI=1S/C15H9Cl2F2NO/c16-10-4-1-3-9(14(10)17)7-8-13(21)20-15-11(18)5-2-6-12(15)19/h1-8H,(H,20,21). The molecule has 108 valence electrons. The number of halogens is 4. The van der Waals surface area contributed by atoms with Crippen LogP contribution in [0.4, 0.5) is 14.5 Å². The van der Waals surface area contributed by atoms with E-state index in [-0.39, 0.29) is 0 Å². The number of hydrogen-bond donors (Lipinski definition) is 1. The van der Waals surface area contributed by atoms with Gasteiger partial charge in [-0.2, -0.15) is 0 Å². The summed E-state index contributed by atoms with van der Waals surface area (Å²) in [6.45, 7) is 0. The zero-order valence-corrected chi connectivity index (χ0v) is 12.1. The fourth-order valence-electron chi connectivity index (χ4n) is 1.60. The third-order valence-corrected chi connectivity index (χ3v) is 3.44. The van der Waals surface area contributed by atoms with E-state index < -0.39 is 23.2 Å². The molecule has 1 N–H and O–H groups in total. The Hall–Kier alpha value is -1.91. The van der Waals surface area contributed by atoms with Gasteiger partial charge in [0, 0.05) is 6.08 Å². The van der Waals surface area contributed by atoms with Gasteiger partial charge in [-0.1, -0.05) is 41.4 Å². The van der Waals surface area contributed by atoms with E-state index in [1.54, 1.807) is 18.2 Å². The van der Waals surface area contributed by atoms with Crippen LogP contribution < -0.4 is 5.32 Å². The van der Waals surface area contributed by atoms with E-state index in [0.29, 0.717) is 15.6 Å². The minimum Gasteiger partial charge on any atom is -0.318 e. The van der Waals surface area contributed by atoms with Gasteiger partial charge < -0.3 is 5.32 Å². The van der Waals surface area contributed by atoms with Crippen LogP contribution in [0.1, 0.15) is 5.56 Å². The molecule has 0 fully saturated rings. The van der Waals surface area contributed by atoms with Crippen molar-refractivity contribution >= 4 is 40.9 Å². The number of para-hydroxylation sites is 1. The topological polar surface area (TPSA) is 29.1 Å². The lowest BCUT2D eigenvalue weighted by Crippen LogP contribution is -2.10. The van der Waals surface area contributed by atoms with Gasteiger partial charge in [0.15, 0.2) is 0 Å². The van der Waals surface area contributed by atoms with E-state index in [1.807, 2.05) is 0 Å². The SMILES string of the molecule is O=C(C=Cc1cccc(Cl)c1Cl)Nc1c(F)cccc1F. The summed E-state index contributed by atoms with van der Waals surface area (Å²) in [5.41, 5.74) is 0.0256. The Morgan fingerprint density at radius 3 is 2.33 bits per heavy atom. The van der Waals surface area contributed by atoms with Crippen LogP contribution in [0.2, 0.25) is 10.0 Å². The summed E-state index contributed by atoms with van der Waals surface area (Å²) in [4.78, 5) is 11.7. The first-order chi connectivity index (χ1) is 9.99. The number of anilines is 1. The highest BCUT2D eigenvalue weighted by Crippen LogP contribution is 2.26. The van der Waals surface area contributed by atoms with Gasteiger partial charge in [-0.3, -0.25) is 4.79 Å². The summed E-state index contributed by atoms with van der Waals surface area (Å²) in [7, 11) is 0. The second kappa shape index (κ2) is 6.70. The van der Waals surface area contributed by atoms with Crippen LogP contribution in [0.5, 0.6) is 0 Å². The van der Waals surface area contributed by atoms with Gasteiger partial charge in [0.1, 0.15) is 17.3 Å². The summed E-state index contributed by atoms with van der Waals surface area (Å²) < 4.78 is 26.7. The number of carbonyl (C=O) groups is 1. The molecule has 0 aliphatic rings. The van der Waals surface area contributed by atoms with Crippen LogP contribution in [0.3, 0.4) is 0 Å². The molecule has 0 unspecified atom stereocenters. The van der Waals surface area contributed by atoms with E-state index in [1.165, 1.54) is 12.1 Å². The molecule has 0 aromatic heterocycles. The highest BCUT2D eigenvalue weighted by Gasteiger charge is 2.10. The van der Waals surface area contributed by atoms with Gasteiger partial charge in [0.05, 0.1) is 10.0 Å². The van der Waals surface area contributed by atoms with E-state index >= 15 is 0 Å². The van der Waals surface area contributed by atoms with Crippen molar-refractivity contribution in [2.75, 3.05) is 5.32 Å². The molecule has 0 heterocycles. The molecule has 2 aromatic rings. The quantitative estimate of drug-likeness (QED) is 0.796. The highest BCUT2D eigenvalue weighted by molar-refractivity contribution is 6.42. The lowest BCUT2D eigenvalue weighted by atomic mass is 10.2. The van der Waals surface area contributed by atoms with Crippen molar-refractivity contribution in [2.24, 2.45) is 0 Å². The maximum absolute atomic E-state index is 13.4. The Morgan fingerprint density at radius 1 is 1.05 bits per heavy atom. The Balaban J connectivity index is 2.15. The normalized spacial score (nSPS) is 10.9. The molecule has 1 amide bonds. The molecule has 0 aliphatic heterocycles. The monoisotopic (exact) mass is 327 g/mol. The minimum atomic E-state index is -0.850. The zero-order chi connectivity index (χ0) is 15.4. The van der Waals surface area contributed by atoms with Crippen molar-refractivity contribution in [1.29, 1.82) is 0 Å². The molecule has 0 atom stereocenters. The number of hydrogen-bond acceptors (Lipinski definition) is 1. The molecule has 0 bridgehead atoms. The molecule has 0 aliphatic carbocycles. The van der Waals surface area contributed by atoms with Gasteiger partial charge in [-0.25, -0.2) is 8.78 Å². The molecule has 0 radical (unpaired) electrons. The van der Waals surface area contributed by atoms with Crippen LogP contribution in [0.15, 0.2) is 42.5 Å². The summed E-state index contributed by atoms with van der Waals surface area (Å²) in [5.74, 6) is -2.38. The Bertz CT molecular complexity index is 697. The fourth-order valence-corrected chi connectivity index (χ4v) is 1.97. The molecule has 0 saturated heterocycles. The van der Waals surface area contributed by atoms with Gasteiger partial charge in [0.2, 0.25) is 5.91 Å². The largest absolute Gasteiger partial charge is 0.318 e. The molecule has 0 saturated carbocycles. The first-order valence-electron chi connectivity index (χ1n) is 5.86. The number of benzene rings is 2. The number of carbonyl (C=O) groups excluding carboxylic acids is 1. The number of nitrogens with one attached hydrogen (secondary N) is 1. The second-order valence-corrected chi connectivity index (χ2v) is 4.85. The average Bonchev–Trinajstić information content (AvgIpc) is 2.45. The van der Waals surface area contributed by atoms with Gasteiger partial charge in [-0.05, 0) is 29.8 Å². The zero-order valence-electron chi connectivity index (χ0n) is 10.5. The molecule has 0 spiro atoms. The van der Waals surface area contributed by atoms with Crippen LogP contribution in [-0.4, -0.2) is 5.91 Å². The Kier molecular flexibility index (Phi) is 4.94. The molecule has 2 aromatic carbocycles. The summed E-state index contributed by atoms with van der Waals surface area (Å²) in [6, 6.07) is 8.24. The fraction of sp³-hybridized carbons (Fsp3) is 0. The van der Waals surface area contributed by atoms with E-state index in [2.05, 4.69) is 5.32 Å². The third kappa shape index (κ3) is 3.80. The predicted molar refractivity (Wildman–Crippen MR) is 80.5 cm³/mol. The van der Waals surface area contributed by atoms with Crippen LogP contribution in [0.25, 0.3) is 6.08 Å². The summed E-state index contributed by atoms with van der Waals surface area (Å²) in [5, 5.41) is 2.77. The van der Waals surface area contributed by atoms with Crippen molar-refractivity contribution in [2.45, 2.75) is 0 Å². The van der Waals surface area contributed by atoms with E-state index in [0.717, 1.165) is 18.2 Å². The van der Waals surface area contributed by atoms with Crippen molar-refractivity contribution in [1.82, 2.24) is 0 Å². The van der Waals surface area contributed by atoms with Crippen molar-refractivity contribution in [3.63, 3.8) is 0 Å². The third-order valence-electron chi connectivity index (χ3n) is 2.61. The van der Waals surface area contributed by atoms with Gasteiger partial charge in [-0.15, -0.1) is 0 Å². The molecular formula is C15H9Cl2F2NO. The summed E-state index contributed by atoms with van der Waals surface area (Å²) in [6.07, 6.45) is 2.52. The number of rotatable bonds is 3. The minimum absolute atomic E-state index is 0.292. The van der Waals surface area contributed by atoms with Crippen LogP contribution in [-0.2, 0) is 4.79 Å². The summed E-state index contributed by atoms with van der Waals surface area (Å²) >= 11 is 11.8. The van der Waals surface area contributed by atoms with Crippen LogP contribution in [0, 0.1) is 11.6 Å². The van der Waals surface area contributed by atoms with Crippen molar-refractivity contribution < 1.29 is 13.6 Å². The first-order valence-corrected chi connectivity index (χ1v) is 6.61. The Labute approximate surface area is 130 Å². The van der Waals surface area contributed by atoms with Crippen molar-refractivity contribution in [3.05, 3.63) is 69.7 Å². The van der Waals surface area contributed by atoms with Gasteiger partial charge in [0.25, 0.3) is 0 Å². The maximum Gasteiger partial charge on any atom is 0.248 e. The first kappa shape index (κ1) is 15.5. The van der Waals surface area contributed by atoms with Crippen molar-refractivity contribution in [3.8, 4) is 0 Å². The molecular weight excluding hydrogens is 319 g/mol. The lowest BCUT2D eigenvalue weighted by Gasteiger charge is -2.05. The smallest absolute Gasteiger partial charge is 0.248 e. The average molecular weight is 328 g/mol. The Morgan fingerprint density at radius 2 is 1.67 bits per heavy atom. The van der Waals surface area contributed by atoms with Crippen LogP contribution >= 0.6 is 23.2 Å². The lowest BCUT2D eigenvalue weighted by molar-refractivity contribution is -0.111. The molecule has 2 nitrogen and oxygen atoms in total. The van der Waals surface area contributed by atoms with E-state index in [9.17, 15) is 13.6 Å². The molecule has 2 rings (SSSR count).